The normalized spacial score (nSPS) is 13.1. The van der Waals surface area contributed by atoms with Crippen LogP contribution in [0.25, 0.3) is 0 Å². The molecular weight excluding hydrogens is 236 g/mol. The molecule has 0 spiro atoms. The van der Waals surface area contributed by atoms with Gasteiger partial charge in [-0.3, -0.25) is 0 Å². The number of hydrogen-bond acceptors (Lipinski definition) is 1. The number of hydrogen-bond donors (Lipinski definition) is 0. The molecule has 0 aliphatic heterocycles. The van der Waals surface area contributed by atoms with Crippen LogP contribution in [0.1, 0.15) is 29.7 Å². The van der Waals surface area contributed by atoms with E-state index < -0.39 is 9.76 Å². The molecule has 0 aliphatic rings. The first kappa shape index (κ1) is 13.1. The highest BCUT2D eigenvalue weighted by molar-refractivity contribution is 6.47. The average Bonchev–Trinajstić information content (AvgIpc) is 2.36. The molecule has 0 heterocycles. The molecule has 2 aromatic carbocycles. The van der Waals surface area contributed by atoms with Gasteiger partial charge in [0.1, 0.15) is 0 Å². The smallest absolute Gasteiger partial charge is 0.193 e. The van der Waals surface area contributed by atoms with Gasteiger partial charge in [-0.05, 0) is 31.5 Å². The minimum atomic E-state index is -0.645. The quantitative estimate of drug-likeness (QED) is 0.764. The van der Waals surface area contributed by atoms with Gasteiger partial charge in [0, 0.05) is 0 Å². The van der Waals surface area contributed by atoms with E-state index in [0.717, 1.165) is 0 Å². The van der Waals surface area contributed by atoms with Gasteiger partial charge in [-0.25, -0.2) is 0 Å². The van der Waals surface area contributed by atoms with Gasteiger partial charge >= 0.3 is 0 Å². The van der Waals surface area contributed by atoms with Gasteiger partial charge in [-0.1, -0.05) is 59.7 Å². The van der Waals surface area contributed by atoms with E-state index in [4.69, 9.17) is 4.43 Å². The van der Waals surface area contributed by atoms with E-state index in [-0.39, 0.29) is 6.10 Å². The summed E-state index contributed by atoms with van der Waals surface area (Å²) in [5.74, 6) is 0. The highest BCUT2D eigenvalue weighted by Crippen LogP contribution is 2.14. The molecule has 0 saturated heterocycles. The summed E-state index contributed by atoms with van der Waals surface area (Å²) in [6, 6.07) is 17.1. The standard InChI is InChI=1S/C16H20OSi/c1-12-9-13(2)11-16(10-12)18-17-14(3)15-7-5-4-6-8-15/h4-11,14H,18H2,1-3H3. The Morgan fingerprint density at radius 3 is 2.17 bits per heavy atom. The average molecular weight is 256 g/mol. The van der Waals surface area contributed by atoms with Crippen LogP contribution < -0.4 is 5.19 Å². The van der Waals surface area contributed by atoms with Gasteiger partial charge in [-0.15, -0.1) is 0 Å². The van der Waals surface area contributed by atoms with Crippen LogP contribution in [0.15, 0.2) is 48.5 Å². The van der Waals surface area contributed by atoms with E-state index in [0.29, 0.717) is 0 Å². The zero-order chi connectivity index (χ0) is 13.0. The Morgan fingerprint density at radius 2 is 1.56 bits per heavy atom. The highest BCUT2D eigenvalue weighted by Gasteiger charge is 2.05. The summed E-state index contributed by atoms with van der Waals surface area (Å²) >= 11 is 0. The third-order valence-corrected chi connectivity index (χ3v) is 4.46. The van der Waals surface area contributed by atoms with Gasteiger partial charge in [-0.2, -0.15) is 0 Å². The molecule has 0 fully saturated rings. The number of aryl methyl sites for hydroxylation is 2. The first-order valence-electron chi connectivity index (χ1n) is 6.39. The van der Waals surface area contributed by atoms with E-state index in [1.54, 1.807) is 0 Å². The summed E-state index contributed by atoms with van der Waals surface area (Å²) in [6.45, 7) is 6.42. The molecule has 0 saturated carbocycles. The van der Waals surface area contributed by atoms with E-state index in [1.807, 2.05) is 6.07 Å². The Morgan fingerprint density at radius 1 is 0.944 bits per heavy atom. The van der Waals surface area contributed by atoms with Crippen molar-refractivity contribution in [2.45, 2.75) is 26.9 Å². The molecule has 0 aromatic heterocycles. The van der Waals surface area contributed by atoms with Gasteiger partial charge < -0.3 is 4.43 Å². The van der Waals surface area contributed by atoms with E-state index in [2.05, 4.69) is 63.2 Å². The van der Waals surface area contributed by atoms with E-state index in [1.165, 1.54) is 21.9 Å². The SMILES string of the molecule is Cc1cc(C)cc([SiH2]OC(C)c2ccccc2)c1. The molecule has 0 aliphatic carbocycles. The highest BCUT2D eigenvalue weighted by atomic mass is 28.2. The fourth-order valence-corrected chi connectivity index (χ4v) is 3.64. The summed E-state index contributed by atoms with van der Waals surface area (Å²) in [7, 11) is -0.645. The van der Waals surface area contributed by atoms with Crippen molar-refractivity contribution in [3.8, 4) is 0 Å². The summed E-state index contributed by atoms with van der Waals surface area (Å²) in [6.07, 6.45) is 0.193. The molecule has 0 N–H and O–H groups in total. The maximum atomic E-state index is 6.06. The van der Waals surface area contributed by atoms with Gasteiger partial charge in [0.15, 0.2) is 9.76 Å². The van der Waals surface area contributed by atoms with Crippen LogP contribution in [0.5, 0.6) is 0 Å². The lowest BCUT2D eigenvalue weighted by Gasteiger charge is -2.14. The predicted molar refractivity (Wildman–Crippen MR) is 80.0 cm³/mol. The predicted octanol–water partition coefficient (Wildman–Crippen LogP) is 2.79. The minimum Gasteiger partial charge on any atom is -0.412 e. The molecule has 0 radical (unpaired) electrons. The fraction of sp³-hybridized carbons (Fsp3) is 0.250. The van der Waals surface area contributed by atoms with Crippen molar-refractivity contribution in [1.82, 2.24) is 0 Å². The van der Waals surface area contributed by atoms with Crippen molar-refractivity contribution in [2.75, 3.05) is 0 Å². The molecule has 1 unspecified atom stereocenters. The third kappa shape index (κ3) is 3.55. The van der Waals surface area contributed by atoms with Crippen LogP contribution in [-0.2, 0) is 4.43 Å². The topological polar surface area (TPSA) is 9.23 Å². The molecule has 1 atom stereocenters. The largest absolute Gasteiger partial charge is 0.412 e. The maximum absolute atomic E-state index is 6.06. The summed E-state index contributed by atoms with van der Waals surface area (Å²) in [5, 5.41) is 1.38. The van der Waals surface area contributed by atoms with Crippen LogP contribution in [0.3, 0.4) is 0 Å². The van der Waals surface area contributed by atoms with Crippen molar-refractivity contribution in [3.63, 3.8) is 0 Å². The Bertz CT molecular complexity index is 488. The molecule has 2 aromatic rings. The van der Waals surface area contributed by atoms with Crippen LogP contribution in [0.2, 0.25) is 0 Å². The summed E-state index contributed by atoms with van der Waals surface area (Å²) in [5.41, 5.74) is 3.91. The zero-order valence-corrected chi connectivity index (χ0v) is 12.7. The van der Waals surface area contributed by atoms with Gasteiger partial charge in [0.05, 0.1) is 6.10 Å². The zero-order valence-electron chi connectivity index (χ0n) is 11.3. The molecular formula is C16H20OSi. The van der Waals surface area contributed by atoms with Crippen molar-refractivity contribution in [3.05, 3.63) is 65.2 Å². The second-order valence-electron chi connectivity index (χ2n) is 4.86. The summed E-state index contributed by atoms with van der Waals surface area (Å²) < 4.78 is 6.06. The first-order valence-corrected chi connectivity index (χ1v) is 7.67. The monoisotopic (exact) mass is 256 g/mol. The van der Waals surface area contributed by atoms with Crippen molar-refractivity contribution in [1.29, 1.82) is 0 Å². The lowest BCUT2D eigenvalue weighted by Crippen LogP contribution is -2.19. The summed E-state index contributed by atoms with van der Waals surface area (Å²) in [4.78, 5) is 0. The van der Waals surface area contributed by atoms with E-state index in [9.17, 15) is 0 Å². The molecule has 2 rings (SSSR count). The lowest BCUT2D eigenvalue weighted by molar-refractivity contribution is 0.244. The van der Waals surface area contributed by atoms with Gasteiger partial charge in [0.2, 0.25) is 0 Å². The maximum Gasteiger partial charge on any atom is 0.193 e. The van der Waals surface area contributed by atoms with Gasteiger partial charge in [0.25, 0.3) is 0 Å². The van der Waals surface area contributed by atoms with Crippen LogP contribution in [-0.4, -0.2) is 9.76 Å². The third-order valence-electron chi connectivity index (χ3n) is 3.05. The van der Waals surface area contributed by atoms with E-state index >= 15 is 0 Å². The van der Waals surface area contributed by atoms with Crippen LogP contribution in [0.4, 0.5) is 0 Å². The Balaban J connectivity index is 1.99. The Hall–Kier alpha value is -1.38. The van der Waals surface area contributed by atoms with Crippen LogP contribution >= 0.6 is 0 Å². The van der Waals surface area contributed by atoms with Crippen LogP contribution in [0, 0.1) is 13.8 Å². The van der Waals surface area contributed by atoms with Crippen molar-refractivity contribution in [2.24, 2.45) is 0 Å². The molecule has 1 nitrogen and oxygen atoms in total. The molecule has 18 heavy (non-hydrogen) atoms. The first-order chi connectivity index (χ1) is 8.65. The lowest BCUT2D eigenvalue weighted by atomic mass is 10.1. The van der Waals surface area contributed by atoms with Crippen molar-refractivity contribution < 1.29 is 4.43 Å². The molecule has 0 bridgehead atoms. The number of rotatable bonds is 4. The minimum absolute atomic E-state index is 0.193. The number of benzene rings is 2. The Kier molecular flexibility index (Phi) is 4.34. The molecule has 94 valence electrons. The second kappa shape index (κ2) is 5.98. The second-order valence-corrected chi connectivity index (χ2v) is 6.30. The fourth-order valence-electron chi connectivity index (χ4n) is 2.19. The molecule has 0 amide bonds. The van der Waals surface area contributed by atoms with Crippen molar-refractivity contribution >= 4 is 14.9 Å². The Labute approximate surface area is 112 Å². The molecule has 2 heteroatoms.